The second-order valence-corrected chi connectivity index (χ2v) is 7.20. The molecule has 0 unspecified atom stereocenters. The van der Waals surface area contributed by atoms with Crippen LogP contribution in [0.2, 0.25) is 0 Å². The number of ether oxygens (including phenoxy) is 1. The molecule has 0 saturated heterocycles. The number of fused-ring (bicyclic) bond motifs is 3. The molecule has 0 fully saturated rings. The first-order valence-electron chi connectivity index (χ1n) is 9.70. The van der Waals surface area contributed by atoms with Gasteiger partial charge in [-0.25, -0.2) is 0 Å². The van der Waals surface area contributed by atoms with Crippen LogP contribution in [0, 0.1) is 6.92 Å². The van der Waals surface area contributed by atoms with Gasteiger partial charge in [0.1, 0.15) is 5.75 Å². The summed E-state index contributed by atoms with van der Waals surface area (Å²) >= 11 is 0. The van der Waals surface area contributed by atoms with Crippen molar-refractivity contribution in [1.29, 1.82) is 0 Å². The molecule has 3 aromatic carbocycles. The molecular formula is C24H19N3O3. The van der Waals surface area contributed by atoms with E-state index in [0.717, 1.165) is 12.1 Å². The van der Waals surface area contributed by atoms with Crippen molar-refractivity contribution >= 4 is 11.6 Å². The third-order valence-electron chi connectivity index (χ3n) is 5.11. The summed E-state index contributed by atoms with van der Waals surface area (Å²) in [5.41, 5.74) is 6.41. The lowest BCUT2D eigenvalue weighted by molar-refractivity contribution is 0.102. The minimum atomic E-state index is -0.161. The molecule has 1 N–H and O–H groups in total. The van der Waals surface area contributed by atoms with E-state index < -0.39 is 0 Å². The molecule has 0 spiro atoms. The number of carbonyl (C=O) groups excluding carboxylic acids is 1. The largest absolute Gasteiger partial charge is 0.485 e. The van der Waals surface area contributed by atoms with Crippen LogP contribution in [-0.2, 0) is 13.0 Å². The van der Waals surface area contributed by atoms with Crippen LogP contribution in [0.3, 0.4) is 0 Å². The predicted octanol–water partition coefficient (Wildman–Crippen LogP) is 4.78. The van der Waals surface area contributed by atoms with Crippen LogP contribution in [0.15, 0.2) is 71.3 Å². The highest BCUT2D eigenvalue weighted by molar-refractivity contribution is 6.04. The van der Waals surface area contributed by atoms with E-state index in [1.165, 1.54) is 22.3 Å². The smallest absolute Gasteiger partial charge is 0.255 e. The molecule has 30 heavy (non-hydrogen) atoms. The predicted molar refractivity (Wildman–Crippen MR) is 112 cm³/mol. The fourth-order valence-corrected chi connectivity index (χ4v) is 3.68. The highest BCUT2D eigenvalue weighted by Crippen LogP contribution is 2.37. The van der Waals surface area contributed by atoms with Gasteiger partial charge < -0.3 is 14.6 Å². The Kier molecular flexibility index (Phi) is 4.52. The first-order chi connectivity index (χ1) is 14.7. The van der Waals surface area contributed by atoms with Crippen molar-refractivity contribution in [2.75, 3.05) is 5.32 Å². The molecular weight excluding hydrogens is 378 g/mol. The molecule has 6 nitrogen and oxygen atoms in total. The van der Waals surface area contributed by atoms with Gasteiger partial charge in [-0.2, -0.15) is 4.98 Å². The van der Waals surface area contributed by atoms with Gasteiger partial charge in [-0.05, 0) is 65.1 Å². The lowest BCUT2D eigenvalue weighted by atomic mass is 10.1. The Balaban J connectivity index is 1.24. The Bertz CT molecular complexity index is 1230. The van der Waals surface area contributed by atoms with Crippen LogP contribution in [0.1, 0.15) is 33.2 Å². The molecule has 4 aromatic rings. The van der Waals surface area contributed by atoms with Gasteiger partial charge in [-0.1, -0.05) is 35.5 Å². The number of aryl methyl sites for hydroxylation is 1. The molecule has 0 radical (unpaired) electrons. The van der Waals surface area contributed by atoms with Gasteiger partial charge in [0.2, 0.25) is 11.7 Å². The van der Waals surface area contributed by atoms with E-state index >= 15 is 0 Å². The number of aromatic nitrogens is 2. The topological polar surface area (TPSA) is 77.2 Å². The summed E-state index contributed by atoms with van der Waals surface area (Å²) in [4.78, 5) is 16.7. The van der Waals surface area contributed by atoms with Gasteiger partial charge in [0, 0.05) is 18.2 Å². The average molecular weight is 397 g/mol. The van der Waals surface area contributed by atoms with Crippen LogP contribution in [0.25, 0.3) is 11.1 Å². The molecule has 1 aliphatic rings. The maximum Gasteiger partial charge on any atom is 0.255 e. The van der Waals surface area contributed by atoms with Crippen molar-refractivity contribution in [3.05, 3.63) is 95.1 Å². The molecule has 1 aliphatic carbocycles. The maximum absolute atomic E-state index is 12.6. The number of hydrogen-bond acceptors (Lipinski definition) is 5. The monoisotopic (exact) mass is 397 g/mol. The molecule has 0 atom stereocenters. The maximum atomic E-state index is 12.6. The molecule has 1 aromatic heterocycles. The second-order valence-electron chi connectivity index (χ2n) is 7.20. The Hall–Kier alpha value is -3.93. The Morgan fingerprint density at radius 1 is 1.03 bits per heavy atom. The molecule has 1 amide bonds. The van der Waals surface area contributed by atoms with Crippen molar-refractivity contribution in [3.8, 4) is 16.9 Å². The minimum Gasteiger partial charge on any atom is -0.485 e. The number of nitrogens with zero attached hydrogens (tertiary/aromatic N) is 2. The fourth-order valence-electron chi connectivity index (χ4n) is 3.68. The minimum absolute atomic E-state index is 0.161. The van der Waals surface area contributed by atoms with Crippen LogP contribution in [-0.4, -0.2) is 16.0 Å². The first-order valence-corrected chi connectivity index (χ1v) is 9.70. The van der Waals surface area contributed by atoms with Crippen molar-refractivity contribution < 1.29 is 14.1 Å². The lowest BCUT2D eigenvalue weighted by Crippen LogP contribution is -2.12. The Labute approximate surface area is 173 Å². The zero-order valence-corrected chi connectivity index (χ0v) is 16.4. The summed E-state index contributed by atoms with van der Waals surface area (Å²) in [7, 11) is 0. The van der Waals surface area contributed by atoms with Crippen molar-refractivity contribution in [2.45, 2.75) is 20.0 Å². The van der Waals surface area contributed by atoms with Gasteiger partial charge in [0.05, 0.1) is 0 Å². The second kappa shape index (κ2) is 7.48. The third-order valence-corrected chi connectivity index (χ3v) is 5.11. The SMILES string of the molecule is Cc1nc(COc2ccc(C(=O)Nc3ccc4c(c3)Cc3ccccc3-4)cc2)no1. The molecule has 6 heteroatoms. The van der Waals surface area contributed by atoms with E-state index in [1.807, 2.05) is 6.07 Å². The zero-order valence-electron chi connectivity index (χ0n) is 16.4. The number of nitrogens with one attached hydrogen (secondary N) is 1. The van der Waals surface area contributed by atoms with E-state index in [1.54, 1.807) is 31.2 Å². The van der Waals surface area contributed by atoms with Crippen molar-refractivity contribution in [1.82, 2.24) is 10.1 Å². The summed E-state index contributed by atoms with van der Waals surface area (Å²) < 4.78 is 10.5. The van der Waals surface area contributed by atoms with Crippen molar-refractivity contribution in [3.63, 3.8) is 0 Å². The quantitative estimate of drug-likeness (QED) is 0.462. The zero-order chi connectivity index (χ0) is 20.5. The number of rotatable bonds is 5. The molecule has 148 valence electrons. The van der Waals surface area contributed by atoms with Gasteiger partial charge in [-0.3, -0.25) is 4.79 Å². The summed E-state index contributed by atoms with van der Waals surface area (Å²) in [6, 6.07) is 21.4. The van der Waals surface area contributed by atoms with Gasteiger partial charge in [-0.15, -0.1) is 0 Å². The van der Waals surface area contributed by atoms with E-state index in [0.29, 0.717) is 23.0 Å². The highest BCUT2D eigenvalue weighted by Gasteiger charge is 2.18. The first kappa shape index (κ1) is 18.1. The summed E-state index contributed by atoms with van der Waals surface area (Å²) in [5, 5.41) is 6.77. The summed E-state index contributed by atoms with van der Waals surface area (Å²) in [5.74, 6) is 1.44. The van der Waals surface area contributed by atoms with Crippen LogP contribution in [0.4, 0.5) is 5.69 Å². The molecule has 5 rings (SSSR count). The van der Waals surface area contributed by atoms with Crippen LogP contribution >= 0.6 is 0 Å². The number of hydrogen-bond donors (Lipinski definition) is 1. The van der Waals surface area contributed by atoms with Crippen LogP contribution in [0.5, 0.6) is 5.75 Å². The number of anilines is 1. The Morgan fingerprint density at radius 3 is 2.63 bits per heavy atom. The molecule has 1 heterocycles. The molecule has 0 aliphatic heterocycles. The van der Waals surface area contributed by atoms with Crippen molar-refractivity contribution in [2.24, 2.45) is 0 Å². The van der Waals surface area contributed by atoms with Gasteiger partial charge >= 0.3 is 0 Å². The van der Waals surface area contributed by atoms with Crippen LogP contribution < -0.4 is 10.1 Å². The van der Waals surface area contributed by atoms with E-state index in [-0.39, 0.29) is 12.5 Å². The molecule has 0 saturated carbocycles. The van der Waals surface area contributed by atoms with E-state index in [9.17, 15) is 4.79 Å². The summed E-state index contributed by atoms with van der Waals surface area (Å²) in [6.07, 6.45) is 0.890. The Morgan fingerprint density at radius 2 is 1.83 bits per heavy atom. The normalized spacial score (nSPS) is 11.6. The van der Waals surface area contributed by atoms with E-state index in [4.69, 9.17) is 9.26 Å². The number of amides is 1. The standard InChI is InChI=1S/C24H19N3O3/c1-15-25-23(27-30-15)14-29-20-9-6-16(7-10-20)24(28)26-19-8-11-22-18(13-19)12-17-4-2-3-5-21(17)22/h2-11,13H,12,14H2,1H3,(H,26,28). The highest BCUT2D eigenvalue weighted by atomic mass is 16.5. The number of carbonyl (C=O) groups is 1. The molecule has 0 bridgehead atoms. The average Bonchev–Trinajstić information content (AvgIpc) is 3.35. The van der Waals surface area contributed by atoms with Gasteiger partial charge in [0.25, 0.3) is 5.91 Å². The van der Waals surface area contributed by atoms with E-state index in [2.05, 4.69) is 51.9 Å². The fraction of sp³-hybridized carbons (Fsp3) is 0.125. The van der Waals surface area contributed by atoms with Gasteiger partial charge in [0.15, 0.2) is 6.61 Å². The lowest BCUT2D eigenvalue weighted by Gasteiger charge is -2.09. The summed E-state index contributed by atoms with van der Waals surface area (Å²) in [6.45, 7) is 1.93. The number of benzene rings is 3. The third kappa shape index (κ3) is 3.55.